The molecule has 122 valence electrons. The molecule has 0 spiro atoms. The molecular weight excluding hydrogens is 296 g/mol. The van der Waals surface area contributed by atoms with Crippen LogP contribution in [0.2, 0.25) is 0 Å². The lowest BCUT2D eigenvalue weighted by atomic mass is 9.91. The van der Waals surface area contributed by atoms with Crippen LogP contribution in [-0.4, -0.2) is 20.6 Å². The molecule has 0 atom stereocenters. The van der Waals surface area contributed by atoms with Crippen molar-refractivity contribution in [3.63, 3.8) is 0 Å². The van der Waals surface area contributed by atoms with Gasteiger partial charge in [-0.05, 0) is 5.56 Å². The van der Waals surface area contributed by atoms with Crippen LogP contribution in [0.15, 0.2) is 30.3 Å². The van der Waals surface area contributed by atoms with Gasteiger partial charge in [0.05, 0.1) is 4.92 Å². The molecule has 1 heterocycles. The molecular formula is C16H20N4O3. The number of carbonyl (C=O) groups is 1. The van der Waals surface area contributed by atoms with Crippen LogP contribution < -0.4 is 5.32 Å². The summed E-state index contributed by atoms with van der Waals surface area (Å²) in [5.41, 5.74) is 0.427. The van der Waals surface area contributed by atoms with Crippen LogP contribution in [0.4, 0.5) is 5.69 Å². The van der Waals surface area contributed by atoms with Crippen LogP contribution in [0.3, 0.4) is 0 Å². The Hall–Kier alpha value is -2.70. The molecule has 7 nitrogen and oxygen atoms in total. The van der Waals surface area contributed by atoms with Crippen LogP contribution in [-0.2, 0) is 19.0 Å². The van der Waals surface area contributed by atoms with E-state index in [1.165, 1.54) is 4.68 Å². The minimum Gasteiger partial charge on any atom is -0.346 e. The molecule has 0 aliphatic heterocycles. The third-order valence-corrected chi connectivity index (χ3v) is 3.43. The Labute approximate surface area is 134 Å². The Morgan fingerprint density at radius 1 is 1.30 bits per heavy atom. The molecule has 1 N–H and O–H groups in total. The standard InChI is InChI=1S/C16H20N4O3/c1-16(2,3)14-12(20(22)23)13(19(4)18-14)15(21)17-10-11-8-6-5-7-9-11/h5-9H,10H2,1-4H3,(H,17,21). The van der Waals surface area contributed by atoms with Gasteiger partial charge in [0.2, 0.25) is 5.69 Å². The predicted octanol–water partition coefficient (Wildman–Crippen LogP) is 2.56. The third-order valence-electron chi connectivity index (χ3n) is 3.43. The summed E-state index contributed by atoms with van der Waals surface area (Å²) in [5, 5.41) is 18.4. The van der Waals surface area contributed by atoms with E-state index in [1.807, 2.05) is 51.1 Å². The first-order valence-corrected chi connectivity index (χ1v) is 7.26. The number of benzene rings is 1. The van der Waals surface area contributed by atoms with Gasteiger partial charge >= 0.3 is 5.69 Å². The topological polar surface area (TPSA) is 90.1 Å². The SMILES string of the molecule is Cn1nc(C(C)(C)C)c([N+](=O)[O-])c1C(=O)NCc1ccccc1. The van der Waals surface area contributed by atoms with Crippen LogP contribution in [0.25, 0.3) is 0 Å². The highest BCUT2D eigenvalue weighted by atomic mass is 16.6. The molecule has 1 aromatic heterocycles. The van der Waals surface area contributed by atoms with Crippen LogP contribution >= 0.6 is 0 Å². The molecule has 0 saturated carbocycles. The highest BCUT2D eigenvalue weighted by Crippen LogP contribution is 2.32. The van der Waals surface area contributed by atoms with E-state index >= 15 is 0 Å². The Kier molecular flexibility index (Phi) is 4.49. The predicted molar refractivity (Wildman–Crippen MR) is 86.2 cm³/mol. The zero-order chi connectivity index (χ0) is 17.2. The van der Waals surface area contributed by atoms with Crippen molar-refractivity contribution in [2.24, 2.45) is 7.05 Å². The average Bonchev–Trinajstić information content (AvgIpc) is 2.84. The van der Waals surface area contributed by atoms with Crippen molar-refractivity contribution in [3.05, 3.63) is 57.4 Å². The molecule has 0 unspecified atom stereocenters. The van der Waals surface area contributed by atoms with E-state index < -0.39 is 16.2 Å². The van der Waals surface area contributed by atoms with E-state index in [4.69, 9.17) is 0 Å². The highest BCUT2D eigenvalue weighted by molar-refractivity contribution is 5.97. The summed E-state index contributed by atoms with van der Waals surface area (Å²) < 4.78 is 1.28. The molecule has 2 rings (SSSR count). The van der Waals surface area contributed by atoms with E-state index in [9.17, 15) is 14.9 Å². The van der Waals surface area contributed by atoms with E-state index in [2.05, 4.69) is 10.4 Å². The number of hydrogen-bond acceptors (Lipinski definition) is 4. The Balaban J connectivity index is 2.33. The smallest absolute Gasteiger partial charge is 0.323 e. The van der Waals surface area contributed by atoms with Gasteiger partial charge in [-0.2, -0.15) is 5.10 Å². The second kappa shape index (κ2) is 6.20. The second-order valence-corrected chi connectivity index (χ2v) is 6.34. The maximum absolute atomic E-state index is 12.4. The number of hydrogen-bond donors (Lipinski definition) is 1. The zero-order valence-corrected chi connectivity index (χ0v) is 13.7. The number of amides is 1. The van der Waals surface area contributed by atoms with Gasteiger partial charge in [-0.15, -0.1) is 0 Å². The van der Waals surface area contributed by atoms with Crippen LogP contribution in [0.5, 0.6) is 0 Å². The van der Waals surface area contributed by atoms with Gasteiger partial charge in [-0.25, -0.2) is 0 Å². The molecule has 2 aromatic rings. The van der Waals surface area contributed by atoms with Crippen molar-refractivity contribution >= 4 is 11.6 Å². The highest BCUT2D eigenvalue weighted by Gasteiger charge is 2.36. The van der Waals surface area contributed by atoms with E-state index in [1.54, 1.807) is 7.05 Å². The molecule has 1 aromatic carbocycles. The fourth-order valence-corrected chi connectivity index (χ4v) is 2.31. The Bertz CT molecular complexity index is 730. The lowest BCUT2D eigenvalue weighted by Gasteiger charge is -2.13. The number of nitro groups is 1. The second-order valence-electron chi connectivity index (χ2n) is 6.34. The number of nitrogens with zero attached hydrogens (tertiary/aromatic N) is 3. The largest absolute Gasteiger partial charge is 0.346 e. The maximum Gasteiger partial charge on any atom is 0.323 e. The summed E-state index contributed by atoms with van der Waals surface area (Å²) in [6, 6.07) is 9.36. The average molecular weight is 316 g/mol. The number of carbonyl (C=O) groups excluding carboxylic acids is 1. The fraction of sp³-hybridized carbons (Fsp3) is 0.375. The maximum atomic E-state index is 12.4. The summed E-state index contributed by atoms with van der Waals surface area (Å²) in [6.45, 7) is 5.78. The molecule has 0 radical (unpaired) electrons. The van der Waals surface area contributed by atoms with E-state index in [-0.39, 0.29) is 11.4 Å². The van der Waals surface area contributed by atoms with Crippen molar-refractivity contribution in [2.75, 3.05) is 0 Å². The van der Waals surface area contributed by atoms with Gasteiger partial charge in [-0.3, -0.25) is 19.6 Å². The molecule has 0 bridgehead atoms. The number of nitrogens with one attached hydrogen (secondary N) is 1. The van der Waals surface area contributed by atoms with Gasteiger partial charge in [0, 0.05) is 19.0 Å². The van der Waals surface area contributed by atoms with E-state index in [0.717, 1.165) is 5.56 Å². The molecule has 7 heteroatoms. The number of aromatic nitrogens is 2. The van der Waals surface area contributed by atoms with Gasteiger partial charge in [0.25, 0.3) is 5.91 Å². The third kappa shape index (κ3) is 3.56. The fourth-order valence-electron chi connectivity index (χ4n) is 2.31. The van der Waals surface area contributed by atoms with Crippen molar-refractivity contribution in [1.82, 2.24) is 15.1 Å². The Morgan fingerprint density at radius 2 is 1.91 bits per heavy atom. The summed E-state index contributed by atoms with van der Waals surface area (Å²) in [7, 11) is 1.54. The van der Waals surface area contributed by atoms with Crippen LogP contribution in [0.1, 0.15) is 42.5 Å². The van der Waals surface area contributed by atoms with Gasteiger partial charge in [0.15, 0.2) is 0 Å². The molecule has 0 saturated heterocycles. The lowest BCUT2D eigenvalue weighted by molar-refractivity contribution is -0.386. The number of rotatable bonds is 4. The normalized spacial score (nSPS) is 11.3. The molecule has 0 fully saturated rings. The first kappa shape index (κ1) is 16.7. The minimum atomic E-state index is -0.537. The van der Waals surface area contributed by atoms with Gasteiger partial charge in [-0.1, -0.05) is 51.1 Å². The Morgan fingerprint density at radius 3 is 2.43 bits per heavy atom. The molecule has 0 aliphatic rings. The van der Waals surface area contributed by atoms with Crippen molar-refractivity contribution in [1.29, 1.82) is 0 Å². The first-order chi connectivity index (χ1) is 10.7. The minimum absolute atomic E-state index is 0.0316. The summed E-state index contributed by atoms with van der Waals surface area (Å²) in [4.78, 5) is 23.3. The summed E-state index contributed by atoms with van der Waals surface area (Å²) in [5.74, 6) is -0.508. The van der Waals surface area contributed by atoms with E-state index in [0.29, 0.717) is 12.2 Å². The van der Waals surface area contributed by atoms with Gasteiger partial charge in [0.1, 0.15) is 5.69 Å². The molecule has 0 aliphatic carbocycles. The first-order valence-electron chi connectivity index (χ1n) is 7.26. The number of aryl methyl sites for hydroxylation is 1. The van der Waals surface area contributed by atoms with Gasteiger partial charge < -0.3 is 5.32 Å². The monoisotopic (exact) mass is 316 g/mol. The summed E-state index contributed by atoms with van der Waals surface area (Å²) in [6.07, 6.45) is 0. The zero-order valence-electron chi connectivity index (χ0n) is 13.7. The van der Waals surface area contributed by atoms with Crippen molar-refractivity contribution in [3.8, 4) is 0 Å². The lowest BCUT2D eigenvalue weighted by Crippen LogP contribution is -2.26. The summed E-state index contributed by atoms with van der Waals surface area (Å²) >= 11 is 0. The van der Waals surface area contributed by atoms with Crippen molar-refractivity contribution in [2.45, 2.75) is 32.7 Å². The quantitative estimate of drug-likeness (QED) is 0.693. The van der Waals surface area contributed by atoms with Crippen molar-refractivity contribution < 1.29 is 9.72 Å². The molecule has 23 heavy (non-hydrogen) atoms. The van der Waals surface area contributed by atoms with Crippen LogP contribution in [0, 0.1) is 10.1 Å². The molecule has 1 amide bonds.